The Morgan fingerprint density at radius 3 is 2.76 bits per heavy atom. The Balaban J connectivity index is 2.29. The molecule has 1 aromatic rings. The number of piperidine rings is 1. The fraction of sp³-hybridized carbons (Fsp3) is 0.786. The van der Waals surface area contributed by atoms with Crippen LogP contribution in [0.1, 0.15) is 44.8 Å². The molecule has 1 fully saturated rings. The number of hydrogen-bond donors (Lipinski definition) is 1. The van der Waals surface area contributed by atoms with E-state index in [1.807, 2.05) is 25.8 Å². The molecule has 1 N–H and O–H groups in total. The van der Waals surface area contributed by atoms with E-state index in [0.717, 1.165) is 19.5 Å². The van der Waals surface area contributed by atoms with Crippen molar-refractivity contribution in [2.45, 2.75) is 52.1 Å². The Hall–Kier alpha value is -1.63. The van der Waals surface area contributed by atoms with Gasteiger partial charge in [-0.1, -0.05) is 6.42 Å². The molecule has 7 heteroatoms. The molecule has 0 bridgehead atoms. The van der Waals surface area contributed by atoms with Gasteiger partial charge in [0.25, 0.3) is 0 Å². The van der Waals surface area contributed by atoms with Crippen LogP contribution in [-0.2, 0) is 0 Å². The first-order chi connectivity index (χ1) is 9.91. The van der Waals surface area contributed by atoms with Gasteiger partial charge in [-0.2, -0.15) is 5.10 Å². The van der Waals surface area contributed by atoms with Gasteiger partial charge in [-0.25, -0.2) is 4.68 Å². The van der Waals surface area contributed by atoms with Crippen molar-refractivity contribution in [1.82, 2.24) is 15.1 Å². The van der Waals surface area contributed by atoms with Crippen LogP contribution in [0.3, 0.4) is 0 Å². The van der Waals surface area contributed by atoms with Crippen LogP contribution in [-0.4, -0.2) is 40.9 Å². The fourth-order valence-electron chi connectivity index (χ4n) is 2.95. The Morgan fingerprint density at radius 1 is 1.52 bits per heavy atom. The number of likely N-dealkylation sites (N-methyl/N-ethyl adjacent to an activating group) is 1. The van der Waals surface area contributed by atoms with E-state index in [2.05, 4.69) is 10.4 Å². The van der Waals surface area contributed by atoms with E-state index in [9.17, 15) is 10.1 Å². The summed E-state index contributed by atoms with van der Waals surface area (Å²) in [6.45, 7) is 7.48. The van der Waals surface area contributed by atoms with Crippen LogP contribution in [0.15, 0.2) is 0 Å². The molecule has 0 aromatic carbocycles. The minimum absolute atomic E-state index is 0.0918. The summed E-state index contributed by atoms with van der Waals surface area (Å²) in [4.78, 5) is 13.0. The van der Waals surface area contributed by atoms with Crippen molar-refractivity contribution in [3.8, 4) is 0 Å². The topological polar surface area (TPSA) is 76.2 Å². The van der Waals surface area contributed by atoms with Crippen LogP contribution < -0.4 is 10.2 Å². The lowest BCUT2D eigenvalue weighted by Crippen LogP contribution is -2.43. The minimum atomic E-state index is -0.318. The lowest BCUT2D eigenvalue weighted by molar-refractivity contribution is -0.384. The zero-order valence-electron chi connectivity index (χ0n) is 13.3. The van der Waals surface area contributed by atoms with Crippen molar-refractivity contribution in [3.63, 3.8) is 0 Å². The standard InChI is InChI=1S/C14H25N5O2/c1-10(2)18-14(13(19(20)21)11(3)16-18)17(4)9-12-7-5-6-8-15-12/h10,12,15H,5-9H2,1-4H3. The average Bonchev–Trinajstić information content (AvgIpc) is 2.78. The molecule has 0 spiro atoms. The normalized spacial score (nSPS) is 19.0. The Morgan fingerprint density at radius 2 is 2.24 bits per heavy atom. The highest BCUT2D eigenvalue weighted by Crippen LogP contribution is 2.33. The van der Waals surface area contributed by atoms with Gasteiger partial charge >= 0.3 is 5.69 Å². The zero-order valence-corrected chi connectivity index (χ0v) is 13.3. The molecule has 0 radical (unpaired) electrons. The summed E-state index contributed by atoms with van der Waals surface area (Å²) in [5.41, 5.74) is 0.606. The molecule has 2 rings (SSSR count). The molecule has 1 saturated heterocycles. The van der Waals surface area contributed by atoms with Gasteiger partial charge in [-0.05, 0) is 40.2 Å². The van der Waals surface area contributed by atoms with Crippen LogP contribution in [0.25, 0.3) is 0 Å². The van der Waals surface area contributed by atoms with Gasteiger partial charge in [0.1, 0.15) is 5.69 Å². The first-order valence-electron chi connectivity index (χ1n) is 7.59. The molecule has 1 unspecified atom stereocenters. The maximum absolute atomic E-state index is 11.4. The third-order valence-electron chi connectivity index (χ3n) is 3.97. The quantitative estimate of drug-likeness (QED) is 0.666. The number of hydrogen-bond acceptors (Lipinski definition) is 5. The van der Waals surface area contributed by atoms with Gasteiger partial charge in [-0.15, -0.1) is 0 Å². The van der Waals surface area contributed by atoms with Gasteiger partial charge in [0.15, 0.2) is 0 Å². The van der Waals surface area contributed by atoms with E-state index in [0.29, 0.717) is 17.6 Å². The molecule has 21 heavy (non-hydrogen) atoms. The highest BCUT2D eigenvalue weighted by Gasteiger charge is 2.30. The third kappa shape index (κ3) is 3.34. The first kappa shape index (κ1) is 15.8. The molecule has 1 aromatic heterocycles. The van der Waals surface area contributed by atoms with E-state index in [1.165, 1.54) is 12.8 Å². The second kappa shape index (κ2) is 6.43. The van der Waals surface area contributed by atoms with Crippen LogP contribution >= 0.6 is 0 Å². The largest absolute Gasteiger partial charge is 0.353 e. The van der Waals surface area contributed by atoms with Crippen LogP contribution in [0.2, 0.25) is 0 Å². The summed E-state index contributed by atoms with van der Waals surface area (Å²) >= 11 is 0. The highest BCUT2D eigenvalue weighted by molar-refractivity contribution is 5.61. The summed E-state index contributed by atoms with van der Waals surface area (Å²) in [6.07, 6.45) is 3.55. The van der Waals surface area contributed by atoms with Gasteiger partial charge in [0, 0.05) is 25.7 Å². The molecule has 0 aliphatic carbocycles. The van der Waals surface area contributed by atoms with Gasteiger partial charge in [0.05, 0.1) is 4.92 Å². The Labute approximate surface area is 125 Å². The number of nitrogens with zero attached hydrogens (tertiary/aromatic N) is 4. The summed E-state index contributed by atoms with van der Waals surface area (Å²) < 4.78 is 1.76. The fourth-order valence-corrected chi connectivity index (χ4v) is 2.95. The van der Waals surface area contributed by atoms with Crippen molar-refractivity contribution in [1.29, 1.82) is 0 Å². The van der Waals surface area contributed by atoms with Crippen molar-refractivity contribution >= 4 is 11.5 Å². The number of anilines is 1. The smallest absolute Gasteiger partial charge is 0.333 e. The summed E-state index contributed by atoms with van der Waals surface area (Å²) in [6, 6.07) is 0.480. The molecule has 1 atom stereocenters. The van der Waals surface area contributed by atoms with Crippen molar-refractivity contribution < 1.29 is 4.92 Å². The van der Waals surface area contributed by atoms with Crippen LogP contribution in [0.5, 0.6) is 0 Å². The lowest BCUT2D eigenvalue weighted by atomic mass is 10.0. The van der Waals surface area contributed by atoms with Crippen molar-refractivity contribution in [3.05, 3.63) is 15.8 Å². The van der Waals surface area contributed by atoms with E-state index >= 15 is 0 Å². The number of rotatable bonds is 5. The number of nitro groups is 1. The monoisotopic (exact) mass is 295 g/mol. The summed E-state index contributed by atoms with van der Waals surface area (Å²) in [5, 5.41) is 19.2. The zero-order chi connectivity index (χ0) is 15.6. The molecular weight excluding hydrogens is 270 g/mol. The van der Waals surface area contributed by atoms with Crippen molar-refractivity contribution in [2.24, 2.45) is 0 Å². The Kier molecular flexibility index (Phi) is 4.82. The van der Waals surface area contributed by atoms with Crippen LogP contribution in [0.4, 0.5) is 11.5 Å². The second-order valence-corrected chi connectivity index (χ2v) is 6.08. The molecule has 0 saturated carbocycles. The van der Waals surface area contributed by atoms with Gasteiger partial charge < -0.3 is 10.2 Å². The first-order valence-corrected chi connectivity index (χ1v) is 7.59. The maximum Gasteiger partial charge on any atom is 0.333 e. The summed E-state index contributed by atoms with van der Waals surface area (Å²) in [7, 11) is 1.92. The predicted octanol–water partition coefficient (Wildman–Crippen LogP) is 2.26. The predicted molar refractivity (Wildman–Crippen MR) is 82.9 cm³/mol. The molecule has 2 heterocycles. The number of aryl methyl sites for hydroxylation is 1. The van der Waals surface area contributed by atoms with E-state index in [1.54, 1.807) is 11.6 Å². The highest BCUT2D eigenvalue weighted by atomic mass is 16.6. The molecule has 0 amide bonds. The van der Waals surface area contributed by atoms with E-state index in [-0.39, 0.29) is 16.7 Å². The third-order valence-corrected chi connectivity index (χ3v) is 3.97. The molecule has 118 valence electrons. The summed E-state index contributed by atoms with van der Waals surface area (Å²) in [5.74, 6) is 0.611. The molecule has 1 aliphatic rings. The van der Waals surface area contributed by atoms with Gasteiger partial charge in [0.2, 0.25) is 5.82 Å². The second-order valence-electron chi connectivity index (χ2n) is 6.08. The van der Waals surface area contributed by atoms with Crippen molar-refractivity contribution in [2.75, 3.05) is 25.0 Å². The number of nitrogens with one attached hydrogen (secondary N) is 1. The molecule has 7 nitrogen and oxygen atoms in total. The molecule has 1 aliphatic heterocycles. The maximum atomic E-state index is 11.4. The van der Waals surface area contributed by atoms with Crippen LogP contribution in [0, 0.1) is 17.0 Å². The average molecular weight is 295 g/mol. The Bertz CT molecular complexity index is 506. The van der Waals surface area contributed by atoms with Gasteiger partial charge in [-0.3, -0.25) is 10.1 Å². The molecular formula is C14H25N5O2. The minimum Gasteiger partial charge on any atom is -0.353 e. The lowest BCUT2D eigenvalue weighted by Gasteiger charge is -2.29. The SMILES string of the molecule is Cc1nn(C(C)C)c(N(C)CC2CCCCN2)c1[N+](=O)[O-]. The number of aromatic nitrogens is 2. The van der Waals surface area contributed by atoms with E-state index < -0.39 is 0 Å². The van der Waals surface area contributed by atoms with E-state index in [4.69, 9.17) is 0 Å².